The van der Waals surface area contributed by atoms with E-state index in [1.54, 1.807) is 14.1 Å². The van der Waals surface area contributed by atoms with E-state index in [0.29, 0.717) is 34.7 Å². The maximum absolute atomic E-state index is 14.0. The predicted molar refractivity (Wildman–Crippen MR) is 159 cm³/mol. The van der Waals surface area contributed by atoms with Crippen LogP contribution >= 0.6 is 11.6 Å². The van der Waals surface area contributed by atoms with Crippen LogP contribution in [0.3, 0.4) is 0 Å². The van der Waals surface area contributed by atoms with Crippen LogP contribution in [0.15, 0.2) is 23.0 Å². The Balaban J connectivity index is 1.39. The molecule has 0 saturated heterocycles. The molecule has 232 valence electrons. The van der Waals surface area contributed by atoms with E-state index in [0.717, 1.165) is 12.8 Å². The summed E-state index contributed by atoms with van der Waals surface area (Å²) in [7, 11) is 3.14. The molecule has 5 aliphatic rings. The van der Waals surface area contributed by atoms with E-state index in [4.69, 9.17) is 17.3 Å². The first-order valence-electron chi connectivity index (χ1n) is 14.9. The summed E-state index contributed by atoms with van der Waals surface area (Å²) >= 11 is 6.95. The highest BCUT2D eigenvalue weighted by Gasteiger charge is 2.64. The highest BCUT2D eigenvalue weighted by Crippen LogP contribution is 2.65. The first-order chi connectivity index (χ1) is 20.0. The Labute approximate surface area is 255 Å². The summed E-state index contributed by atoms with van der Waals surface area (Å²) < 4.78 is 0. The van der Waals surface area contributed by atoms with Crippen molar-refractivity contribution in [3.63, 3.8) is 0 Å². The maximum Gasteiger partial charge on any atom is 0.255 e. The number of ketones is 2. The number of carbonyl (C=O) groups excluding carboxylic acids is 3. The lowest BCUT2D eigenvalue weighted by Crippen LogP contribution is -2.65. The van der Waals surface area contributed by atoms with Gasteiger partial charge in [-0.15, -0.1) is 0 Å². The van der Waals surface area contributed by atoms with Crippen LogP contribution in [-0.4, -0.2) is 74.6 Å². The summed E-state index contributed by atoms with van der Waals surface area (Å²) in [6, 6.07) is 0.645. The van der Waals surface area contributed by atoms with Crippen LogP contribution in [0.4, 0.5) is 0 Å². The van der Waals surface area contributed by atoms with Gasteiger partial charge in [-0.25, -0.2) is 0 Å². The summed E-state index contributed by atoms with van der Waals surface area (Å²) in [5, 5.41) is 49.3. The molecular weight excluding hydrogens is 574 g/mol. The number of phenols is 1. The lowest BCUT2D eigenvalue weighted by atomic mass is 9.57. The molecule has 7 atom stereocenters. The van der Waals surface area contributed by atoms with Crippen molar-refractivity contribution < 1.29 is 34.8 Å². The Morgan fingerprint density at radius 1 is 1.16 bits per heavy atom. The molecule has 43 heavy (non-hydrogen) atoms. The van der Waals surface area contributed by atoms with Gasteiger partial charge < -0.3 is 31.5 Å². The van der Waals surface area contributed by atoms with Crippen LogP contribution in [0.5, 0.6) is 5.75 Å². The second-order valence-electron chi connectivity index (χ2n) is 14.2. The fourth-order valence-corrected chi connectivity index (χ4v) is 9.51. The van der Waals surface area contributed by atoms with Crippen molar-refractivity contribution in [3.05, 3.63) is 44.7 Å². The molecule has 2 bridgehead atoms. The van der Waals surface area contributed by atoms with Crippen LogP contribution in [0, 0.1) is 28.6 Å². The summed E-state index contributed by atoms with van der Waals surface area (Å²) in [4.78, 5) is 40.9. The van der Waals surface area contributed by atoms with Crippen molar-refractivity contribution in [2.45, 2.75) is 77.1 Å². The van der Waals surface area contributed by atoms with E-state index in [1.807, 2.05) is 0 Å². The molecule has 0 aromatic heterocycles. The quantitative estimate of drug-likeness (QED) is 0.273. The van der Waals surface area contributed by atoms with Gasteiger partial charge in [0.05, 0.1) is 11.6 Å². The number of halogens is 1. The topological polar surface area (TPSA) is 173 Å². The number of rotatable bonds is 5. The van der Waals surface area contributed by atoms with Crippen LogP contribution in [0.1, 0.15) is 63.1 Å². The Bertz CT molecular complexity index is 1550. The minimum Gasteiger partial charge on any atom is -0.508 e. The molecule has 1 aromatic rings. The number of primary amides is 1. The fraction of sp³-hybridized carbons (Fsp3) is 0.594. The number of aliphatic hydroxyl groups excluding tert-OH is 2. The SMILES string of the molecule is CN(C)[C@@H]1C(=O)C(C(N)=O)=C(O)[C@@]2(O)C(=O)C3=C(O)c4c(O)cc(CN[C@@H]5CC6CCC5(C)C6(C)C)c(Cl)c4C[C@H]3C[C@@H]12. The zero-order valence-electron chi connectivity index (χ0n) is 25.1. The summed E-state index contributed by atoms with van der Waals surface area (Å²) in [5.41, 5.74) is 3.19. The lowest BCUT2D eigenvalue weighted by Gasteiger charge is -2.50. The number of phenolic OH excluding ortho intramolecular Hbond substituents is 1. The number of likely N-dealkylation sites (N-methyl/N-ethyl adjacent to an activating group) is 1. The summed E-state index contributed by atoms with van der Waals surface area (Å²) in [5.74, 6) is -6.16. The normalized spacial score (nSPS) is 36.2. The third-order valence-electron chi connectivity index (χ3n) is 12.1. The Morgan fingerprint density at radius 2 is 1.84 bits per heavy atom. The molecule has 3 fully saturated rings. The third kappa shape index (κ3) is 3.79. The highest BCUT2D eigenvalue weighted by molar-refractivity contribution is 6.32. The molecule has 0 radical (unpaired) electrons. The van der Waals surface area contributed by atoms with E-state index >= 15 is 0 Å². The summed E-state index contributed by atoms with van der Waals surface area (Å²) in [6.07, 6.45) is 3.62. The Kier molecular flexibility index (Phi) is 6.68. The highest BCUT2D eigenvalue weighted by atomic mass is 35.5. The molecule has 2 unspecified atom stereocenters. The number of fused-ring (bicyclic) bond motifs is 5. The molecule has 5 aliphatic carbocycles. The molecule has 1 amide bonds. The van der Waals surface area contributed by atoms with Gasteiger partial charge in [0.15, 0.2) is 11.4 Å². The smallest absolute Gasteiger partial charge is 0.255 e. The van der Waals surface area contributed by atoms with Crippen LogP contribution in [0.2, 0.25) is 5.02 Å². The molecule has 6 rings (SSSR count). The standard InChI is InChI=1S/C32H40ClN3O7/c1-30(2)15-6-7-31(30,3)19(11-15)35-12-14-10-18(37)21-16(23(14)33)8-13-9-17-24(36(4)5)26(39)22(29(34)42)28(41)32(17,43)27(40)20(13)25(21)38/h10,13,15,17,19,24,35,37-38,41,43H,6-9,11-12H2,1-5H3,(H2,34,42)/t13-,15?,17-,19+,24-,31?,32-/m0/s1. The molecule has 10 nitrogen and oxygen atoms in total. The van der Waals surface area contributed by atoms with Crippen molar-refractivity contribution >= 4 is 34.8 Å². The zero-order valence-corrected chi connectivity index (χ0v) is 25.9. The average Bonchev–Trinajstić information content (AvgIpc) is 3.25. The number of carbonyl (C=O) groups is 3. The Morgan fingerprint density at radius 3 is 2.40 bits per heavy atom. The molecular formula is C32H40ClN3O7. The zero-order chi connectivity index (χ0) is 31.5. The number of hydrogen-bond acceptors (Lipinski definition) is 9. The minimum absolute atomic E-state index is 0.00180. The number of nitrogens with zero attached hydrogens (tertiary/aromatic N) is 1. The van der Waals surface area contributed by atoms with Crippen LogP contribution in [0.25, 0.3) is 5.76 Å². The number of aliphatic hydroxyl groups is 3. The number of hydrogen-bond donors (Lipinski definition) is 6. The third-order valence-corrected chi connectivity index (χ3v) is 12.5. The molecule has 7 N–H and O–H groups in total. The van der Waals surface area contributed by atoms with Gasteiger partial charge in [0.1, 0.15) is 22.8 Å². The van der Waals surface area contributed by atoms with Gasteiger partial charge in [0, 0.05) is 29.1 Å². The first kappa shape index (κ1) is 30.1. The van der Waals surface area contributed by atoms with Crippen LogP contribution < -0.4 is 11.1 Å². The molecule has 1 aromatic carbocycles. The Hall–Kier alpha value is -2.92. The number of nitrogens with one attached hydrogen (secondary N) is 1. The van der Waals surface area contributed by atoms with Crippen molar-refractivity contribution in [1.29, 1.82) is 0 Å². The molecule has 0 aliphatic heterocycles. The predicted octanol–water partition coefficient (Wildman–Crippen LogP) is 2.92. The van der Waals surface area contributed by atoms with Crippen LogP contribution in [-0.2, 0) is 27.3 Å². The van der Waals surface area contributed by atoms with Crippen molar-refractivity contribution in [3.8, 4) is 5.75 Å². The number of amides is 1. The van der Waals surface area contributed by atoms with E-state index in [1.165, 1.54) is 17.4 Å². The largest absolute Gasteiger partial charge is 0.508 e. The number of Topliss-reactive ketones (excluding diaryl/α,β-unsaturated/α-hetero) is 2. The first-order valence-corrected chi connectivity index (χ1v) is 15.3. The monoisotopic (exact) mass is 613 g/mol. The van der Waals surface area contributed by atoms with Gasteiger partial charge in [-0.1, -0.05) is 32.4 Å². The fourth-order valence-electron chi connectivity index (χ4n) is 9.22. The van der Waals surface area contributed by atoms with Crippen molar-refractivity contribution in [2.75, 3.05) is 14.1 Å². The van der Waals surface area contributed by atoms with Crippen molar-refractivity contribution in [1.82, 2.24) is 10.2 Å². The molecule has 0 spiro atoms. The number of nitrogens with two attached hydrogens (primary N) is 1. The van der Waals surface area contributed by atoms with Gasteiger partial charge in [0.25, 0.3) is 5.91 Å². The second-order valence-corrected chi connectivity index (χ2v) is 14.6. The second kappa shape index (κ2) is 9.54. The van der Waals surface area contributed by atoms with Gasteiger partial charge in [0.2, 0.25) is 5.78 Å². The van der Waals surface area contributed by atoms with E-state index in [-0.39, 0.29) is 40.6 Å². The average molecular weight is 614 g/mol. The van der Waals surface area contributed by atoms with E-state index < -0.39 is 58.0 Å². The van der Waals surface area contributed by atoms with Crippen molar-refractivity contribution in [2.24, 2.45) is 34.3 Å². The van der Waals surface area contributed by atoms with Gasteiger partial charge in [-0.3, -0.25) is 19.3 Å². The molecule has 11 heteroatoms. The van der Waals surface area contributed by atoms with Gasteiger partial charge in [-0.05, 0) is 86.1 Å². The summed E-state index contributed by atoms with van der Waals surface area (Å²) in [6.45, 7) is 7.44. The van der Waals surface area contributed by atoms with Gasteiger partial charge >= 0.3 is 0 Å². The number of aromatic hydroxyl groups is 1. The molecule has 0 heterocycles. The minimum atomic E-state index is -2.67. The lowest BCUT2D eigenvalue weighted by molar-refractivity contribution is -0.153. The maximum atomic E-state index is 14.0. The van der Waals surface area contributed by atoms with Gasteiger partial charge in [-0.2, -0.15) is 0 Å². The number of benzene rings is 1. The molecule has 3 saturated carbocycles. The van der Waals surface area contributed by atoms with E-state index in [2.05, 4.69) is 26.1 Å². The van der Waals surface area contributed by atoms with E-state index in [9.17, 15) is 34.8 Å².